The van der Waals surface area contributed by atoms with Crippen molar-refractivity contribution in [1.82, 2.24) is 0 Å². The summed E-state index contributed by atoms with van der Waals surface area (Å²) in [5.41, 5.74) is -0.702. The number of benzene rings is 2. The van der Waals surface area contributed by atoms with Crippen molar-refractivity contribution < 1.29 is 44.5 Å². The number of phenols is 2. The van der Waals surface area contributed by atoms with E-state index in [4.69, 9.17) is 13.9 Å². The highest BCUT2D eigenvalue weighted by Gasteiger charge is 2.43. The van der Waals surface area contributed by atoms with Crippen molar-refractivity contribution in [3.05, 3.63) is 46.6 Å². The van der Waals surface area contributed by atoms with Gasteiger partial charge in [-0.3, -0.25) is 4.79 Å². The lowest BCUT2D eigenvalue weighted by molar-refractivity contribution is -0.268. The summed E-state index contributed by atoms with van der Waals surface area (Å²) in [4.78, 5) is 12.6. The van der Waals surface area contributed by atoms with Gasteiger partial charge >= 0.3 is 0 Å². The van der Waals surface area contributed by atoms with Crippen molar-refractivity contribution in [3.63, 3.8) is 0 Å². The Morgan fingerprint density at radius 3 is 2.29 bits per heavy atom. The molecule has 1 aliphatic rings. The molecule has 4 rings (SSSR count). The lowest BCUT2D eigenvalue weighted by atomic mass is 10.00. The van der Waals surface area contributed by atoms with Gasteiger partial charge in [0.2, 0.25) is 17.5 Å². The first-order valence-corrected chi connectivity index (χ1v) is 9.36. The van der Waals surface area contributed by atoms with E-state index in [2.05, 4.69) is 0 Å². The minimum atomic E-state index is -1.58. The van der Waals surface area contributed by atoms with Gasteiger partial charge in [0.15, 0.2) is 5.76 Å². The number of rotatable bonds is 3. The van der Waals surface area contributed by atoms with Crippen LogP contribution in [-0.2, 0) is 4.74 Å². The molecule has 0 aliphatic carbocycles. The summed E-state index contributed by atoms with van der Waals surface area (Å²) < 4.78 is 16.5. The molecule has 31 heavy (non-hydrogen) atoms. The maximum Gasteiger partial charge on any atom is 0.238 e. The molecule has 1 aromatic heterocycles. The highest BCUT2D eigenvalue weighted by atomic mass is 16.7. The van der Waals surface area contributed by atoms with Crippen LogP contribution in [0.15, 0.2) is 45.6 Å². The molecule has 0 radical (unpaired) electrons. The van der Waals surface area contributed by atoms with Crippen LogP contribution in [0, 0.1) is 0 Å². The zero-order valence-corrected chi connectivity index (χ0v) is 16.2. The van der Waals surface area contributed by atoms with E-state index in [1.165, 1.54) is 37.3 Å². The Morgan fingerprint density at radius 1 is 0.935 bits per heavy atom. The average molecular weight is 432 g/mol. The summed E-state index contributed by atoms with van der Waals surface area (Å²) in [6.45, 7) is 1.49. The Kier molecular flexibility index (Phi) is 5.23. The molecular formula is C21H20O10. The monoisotopic (exact) mass is 432 g/mol. The molecule has 10 nitrogen and oxygen atoms in total. The molecule has 0 spiro atoms. The molecule has 1 aliphatic heterocycles. The maximum atomic E-state index is 12.6. The smallest absolute Gasteiger partial charge is 0.238 e. The van der Waals surface area contributed by atoms with Crippen molar-refractivity contribution in [2.75, 3.05) is 0 Å². The average Bonchev–Trinajstić information content (AvgIpc) is 2.73. The van der Waals surface area contributed by atoms with Gasteiger partial charge in [0.05, 0.1) is 6.10 Å². The Morgan fingerprint density at radius 2 is 1.61 bits per heavy atom. The normalized spacial score (nSPS) is 26.1. The molecular weight excluding hydrogens is 412 g/mol. The molecule has 5 atom stereocenters. The largest absolute Gasteiger partial charge is 0.508 e. The van der Waals surface area contributed by atoms with Gasteiger partial charge in [-0.1, -0.05) is 0 Å². The molecule has 2 heterocycles. The summed E-state index contributed by atoms with van der Waals surface area (Å²) in [6, 6.07) is 7.87. The van der Waals surface area contributed by atoms with Crippen molar-refractivity contribution in [1.29, 1.82) is 0 Å². The van der Waals surface area contributed by atoms with E-state index in [-0.39, 0.29) is 28.2 Å². The number of hydrogen-bond acceptors (Lipinski definition) is 10. The second-order valence-electron chi connectivity index (χ2n) is 7.27. The van der Waals surface area contributed by atoms with E-state index in [1.807, 2.05) is 0 Å². The predicted octanol–water partition coefficient (Wildman–Crippen LogP) is 0.783. The van der Waals surface area contributed by atoms with E-state index < -0.39 is 47.6 Å². The van der Waals surface area contributed by atoms with Gasteiger partial charge in [-0.15, -0.1) is 0 Å². The predicted molar refractivity (Wildman–Crippen MR) is 106 cm³/mol. The van der Waals surface area contributed by atoms with Crippen molar-refractivity contribution in [3.8, 4) is 34.3 Å². The van der Waals surface area contributed by atoms with E-state index in [0.717, 1.165) is 6.07 Å². The van der Waals surface area contributed by atoms with Gasteiger partial charge in [-0.05, 0) is 31.2 Å². The number of fused-ring (bicyclic) bond motifs is 1. The number of aliphatic hydroxyl groups is 3. The topological polar surface area (TPSA) is 170 Å². The molecule has 0 saturated carbocycles. The standard InChI is InChI=1S/C21H20O10/c1-8-15(24)17(26)19(28)21(29-8)30-11-6-12(23)14-13(7-11)31-20(18(27)16(14)25)9-2-4-10(22)5-3-9/h2-8,15,17,19,21-24,26-28H,1H3/t8-,15-,17-,19-,21+/m0/s1. The first-order chi connectivity index (χ1) is 14.7. The van der Waals surface area contributed by atoms with E-state index >= 15 is 0 Å². The fraction of sp³-hybridized carbons (Fsp3) is 0.286. The Labute approximate surface area is 174 Å². The first kappa shape index (κ1) is 20.9. The van der Waals surface area contributed by atoms with Gasteiger partial charge in [-0.25, -0.2) is 0 Å². The maximum absolute atomic E-state index is 12.6. The molecule has 0 bridgehead atoms. The number of ether oxygens (including phenoxy) is 2. The van der Waals surface area contributed by atoms with Crippen LogP contribution < -0.4 is 10.2 Å². The molecule has 3 aromatic rings. The van der Waals surface area contributed by atoms with Crippen LogP contribution in [-0.4, -0.2) is 61.3 Å². The van der Waals surface area contributed by atoms with Crippen LogP contribution in [0.5, 0.6) is 23.0 Å². The summed E-state index contributed by atoms with van der Waals surface area (Å²) in [5, 5.41) is 59.6. The quantitative estimate of drug-likeness (QED) is 0.348. The third kappa shape index (κ3) is 3.66. The minimum Gasteiger partial charge on any atom is -0.508 e. The molecule has 1 saturated heterocycles. The SMILES string of the molecule is C[C@@H]1O[C@H](Oc2cc(O)c3c(=O)c(O)c(-c4ccc(O)cc4)oc3c2)[C@@H](O)[C@@H](O)[C@H]1O. The zero-order valence-electron chi connectivity index (χ0n) is 16.2. The van der Waals surface area contributed by atoms with Crippen LogP contribution in [0.1, 0.15) is 6.92 Å². The van der Waals surface area contributed by atoms with E-state index in [1.54, 1.807) is 0 Å². The fourth-order valence-corrected chi connectivity index (χ4v) is 3.39. The summed E-state index contributed by atoms with van der Waals surface area (Å²) in [5.74, 6) is -1.54. The fourth-order valence-electron chi connectivity index (χ4n) is 3.39. The summed E-state index contributed by atoms with van der Waals surface area (Å²) in [7, 11) is 0. The Hall–Kier alpha value is -3.31. The van der Waals surface area contributed by atoms with Crippen LogP contribution in [0.2, 0.25) is 0 Å². The van der Waals surface area contributed by atoms with Gasteiger partial charge in [0.25, 0.3) is 0 Å². The van der Waals surface area contributed by atoms with Crippen LogP contribution in [0.4, 0.5) is 0 Å². The van der Waals surface area contributed by atoms with Gasteiger partial charge in [0.1, 0.15) is 46.5 Å². The van der Waals surface area contributed by atoms with Crippen molar-refractivity contribution in [2.24, 2.45) is 0 Å². The number of aliphatic hydroxyl groups excluding tert-OH is 3. The molecule has 2 aromatic carbocycles. The molecule has 164 valence electrons. The third-order valence-corrected chi connectivity index (χ3v) is 5.11. The zero-order chi connectivity index (χ0) is 22.4. The number of aromatic hydroxyl groups is 3. The van der Waals surface area contributed by atoms with Crippen LogP contribution >= 0.6 is 0 Å². The van der Waals surface area contributed by atoms with Crippen LogP contribution in [0.25, 0.3) is 22.3 Å². The molecule has 1 fully saturated rings. The number of hydrogen-bond donors (Lipinski definition) is 6. The second-order valence-corrected chi connectivity index (χ2v) is 7.27. The minimum absolute atomic E-state index is 0.0210. The highest BCUT2D eigenvalue weighted by Crippen LogP contribution is 2.36. The molecule has 0 amide bonds. The summed E-state index contributed by atoms with van der Waals surface area (Å²) >= 11 is 0. The van der Waals surface area contributed by atoms with Gasteiger partial charge in [0, 0.05) is 17.7 Å². The van der Waals surface area contributed by atoms with Crippen LogP contribution in [0.3, 0.4) is 0 Å². The van der Waals surface area contributed by atoms with Gasteiger partial charge in [-0.2, -0.15) is 0 Å². The second kappa shape index (κ2) is 7.75. The lowest BCUT2D eigenvalue weighted by Crippen LogP contribution is -2.58. The molecule has 0 unspecified atom stereocenters. The lowest BCUT2D eigenvalue weighted by Gasteiger charge is -2.38. The van der Waals surface area contributed by atoms with E-state index in [9.17, 15) is 35.4 Å². The number of phenolic OH excluding ortho intramolecular Hbond substituents is 2. The first-order valence-electron chi connectivity index (χ1n) is 9.36. The highest BCUT2D eigenvalue weighted by molar-refractivity contribution is 5.88. The van der Waals surface area contributed by atoms with Gasteiger partial charge < -0.3 is 44.5 Å². The van der Waals surface area contributed by atoms with Crippen molar-refractivity contribution >= 4 is 11.0 Å². The third-order valence-electron chi connectivity index (χ3n) is 5.11. The van der Waals surface area contributed by atoms with Crippen molar-refractivity contribution in [2.45, 2.75) is 37.6 Å². The molecule has 6 N–H and O–H groups in total. The molecule has 10 heteroatoms. The Balaban J connectivity index is 1.76. The Bertz CT molecular complexity index is 1170. The summed E-state index contributed by atoms with van der Waals surface area (Å²) in [6.07, 6.45) is -6.62. The van der Waals surface area contributed by atoms with E-state index in [0.29, 0.717) is 5.56 Å².